The third-order valence-corrected chi connectivity index (χ3v) is 2.42. The first-order valence-electron chi connectivity index (χ1n) is 5.60. The van der Waals surface area contributed by atoms with Crippen molar-refractivity contribution >= 4 is 11.6 Å². The Kier molecular flexibility index (Phi) is 4.16. The van der Waals surface area contributed by atoms with E-state index < -0.39 is 6.04 Å². The number of anilines is 1. The van der Waals surface area contributed by atoms with Crippen LogP contribution in [0.15, 0.2) is 24.3 Å². The van der Waals surface area contributed by atoms with Gasteiger partial charge in [0.05, 0.1) is 6.61 Å². The van der Waals surface area contributed by atoms with E-state index in [0.717, 1.165) is 5.56 Å². The van der Waals surface area contributed by atoms with Crippen LogP contribution >= 0.6 is 0 Å². The summed E-state index contributed by atoms with van der Waals surface area (Å²) in [5.41, 5.74) is 6.98. The van der Waals surface area contributed by atoms with Crippen LogP contribution in [0.1, 0.15) is 0 Å². The lowest BCUT2D eigenvalue weighted by molar-refractivity contribution is -0.118. The molecule has 4 N–H and O–H groups in total. The quantitative estimate of drug-likeness (QED) is 0.685. The maximum atomic E-state index is 11.7. The molecule has 0 spiro atoms. The minimum absolute atomic E-state index is 0.163. The van der Waals surface area contributed by atoms with Crippen molar-refractivity contribution in [2.45, 2.75) is 6.04 Å². The van der Waals surface area contributed by atoms with Crippen LogP contribution < -0.4 is 11.1 Å². The van der Waals surface area contributed by atoms with Gasteiger partial charge >= 0.3 is 0 Å². The molecule has 0 aliphatic rings. The molecule has 8 nitrogen and oxygen atoms in total. The number of rotatable bonds is 5. The zero-order valence-corrected chi connectivity index (χ0v) is 10.3. The standard InChI is InChI=1S/C11H14N6O2/c1-19-6-9(12)11(18)13-8-4-2-3-7(5-8)10-14-16-17-15-10/h2-5,9H,6,12H2,1H3,(H,13,18)(H,14,15,16,17). The van der Waals surface area contributed by atoms with Crippen LogP contribution in [0.2, 0.25) is 0 Å². The van der Waals surface area contributed by atoms with E-state index in [1.54, 1.807) is 18.2 Å². The predicted octanol–water partition coefficient (Wildman–Crippen LogP) is -0.221. The van der Waals surface area contributed by atoms with Gasteiger partial charge in [0, 0.05) is 18.4 Å². The van der Waals surface area contributed by atoms with E-state index in [-0.39, 0.29) is 12.5 Å². The number of amides is 1. The normalized spacial score (nSPS) is 12.1. The summed E-state index contributed by atoms with van der Waals surface area (Å²) in [6.45, 7) is 0.163. The van der Waals surface area contributed by atoms with Crippen molar-refractivity contribution in [1.82, 2.24) is 20.6 Å². The molecular formula is C11H14N6O2. The van der Waals surface area contributed by atoms with Crippen molar-refractivity contribution < 1.29 is 9.53 Å². The first kappa shape index (κ1) is 13.1. The molecule has 1 atom stereocenters. The Bertz CT molecular complexity index is 542. The Hall–Kier alpha value is -2.32. The van der Waals surface area contributed by atoms with E-state index in [1.807, 2.05) is 6.07 Å². The molecule has 0 fully saturated rings. The predicted molar refractivity (Wildman–Crippen MR) is 68.1 cm³/mol. The van der Waals surface area contributed by atoms with Gasteiger partial charge in [-0.1, -0.05) is 12.1 Å². The monoisotopic (exact) mass is 262 g/mol. The number of hydrogen-bond donors (Lipinski definition) is 3. The van der Waals surface area contributed by atoms with Crippen LogP contribution in [0.4, 0.5) is 5.69 Å². The Balaban J connectivity index is 2.09. The number of methoxy groups -OCH3 is 1. The first-order valence-corrected chi connectivity index (χ1v) is 5.60. The molecular weight excluding hydrogens is 248 g/mol. The largest absolute Gasteiger partial charge is 0.383 e. The average molecular weight is 262 g/mol. The molecule has 1 aromatic heterocycles. The molecule has 8 heteroatoms. The van der Waals surface area contributed by atoms with Gasteiger partial charge in [0.15, 0.2) is 0 Å². The molecule has 0 saturated carbocycles. The second-order valence-corrected chi connectivity index (χ2v) is 3.87. The fourth-order valence-corrected chi connectivity index (χ4v) is 1.51. The first-order chi connectivity index (χ1) is 9.20. The maximum absolute atomic E-state index is 11.7. The summed E-state index contributed by atoms with van der Waals surface area (Å²) < 4.78 is 4.83. The van der Waals surface area contributed by atoms with Crippen LogP contribution in [0.3, 0.4) is 0 Å². The SMILES string of the molecule is COCC(N)C(=O)Nc1cccc(-c2nn[nH]n2)c1. The summed E-state index contributed by atoms with van der Waals surface area (Å²) in [7, 11) is 1.49. The van der Waals surface area contributed by atoms with Crippen molar-refractivity contribution in [2.24, 2.45) is 5.73 Å². The minimum Gasteiger partial charge on any atom is -0.383 e. The van der Waals surface area contributed by atoms with Crippen molar-refractivity contribution in [2.75, 3.05) is 19.0 Å². The third-order valence-electron chi connectivity index (χ3n) is 2.42. The highest BCUT2D eigenvalue weighted by Gasteiger charge is 2.13. The molecule has 1 heterocycles. The molecule has 1 unspecified atom stereocenters. The van der Waals surface area contributed by atoms with Gasteiger partial charge in [-0.15, -0.1) is 10.2 Å². The van der Waals surface area contributed by atoms with E-state index in [9.17, 15) is 4.79 Å². The summed E-state index contributed by atoms with van der Waals surface area (Å²) in [6, 6.07) is 6.38. The zero-order chi connectivity index (χ0) is 13.7. The summed E-state index contributed by atoms with van der Waals surface area (Å²) in [5.74, 6) is 0.143. The van der Waals surface area contributed by atoms with Crippen molar-refractivity contribution in [3.8, 4) is 11.4 Å². The molecule has 1 aromatic carbocycles. The highest BCUT2D eigenvalue weighted by atomic mass is 16.5. The number of nitrogens with one attached hydrogen (secondary N) is 2. The van der Waals surface area contributed by atoms with Gasteiger partial charge in [0.25, 0.3) is 0 Å². The van der Waals surface area contributed by atoms with Gasteiger partial charge in [-0.3, -0.25) is 4.79 Å². The molecule has 0 radical (unpaired) electrons. The molecule has 100 valence electrons. The van der Waals surface area contributed by atoms with Gasteiger partial charge in [-0.25, -0.2) is 0 Å². The minimum atomic E-state index is -0.709. The van der Waals surface area contributed by atoms with E-state index in [4.69, 9.17) is 10.5 Å². The number of aromatic nitrogens is 4. The lowest BCUT2D eigenvalue weighted by atomic mass is 10.2. The highest BCUT2D eigenvalue weighted by molar-refractivity contribution is 5.95. The number of aromatic amines is 1. The second kappa shape index (κ2) is 6.03. The zero-order valence-electron chi connectivity index (χ0n) is 10.3. The second-order valence-electron chi connectivity index (χ2n) is 3.87. The highest BCUT2D eigenvalue weighted by Crippen LogP contribution is 2.18. The molecule has 0 aliphatic heterocycles. The van der Waals surface area contributed by atoms with Crippen molar-refractivity contribution in [3.63, 3.8) is 0 Å². The molecule has 0 aliphatic carbocycles. The van der Waals surface area contributed by atoms with E-state index in [1.165, 1.54) is 7.11 Å². The number of nitrogens with two attached hydrogens (primary N) is 1. The summed E-state index contributed by atoms with van der Waals surface area (Å²) in [4.78, 5) is 11.7. The van der Waals surface area contributed by atoms with Crippen molar-refractivity contribution in [3.05, 3.63) is 24.3 Å². The number of benzene rings is 1. The molecule has 19 heavy (non-hydrogen) atoms. The molecule has 0 saturated heterocycles. The Morgan fingerprint density at radius 2 is 2.42 bits per heavy atom. The van der Waals surface area contributed by atoms with Crippen LogP contribution in [0.25, 0.3) is 11.4 Å². The Morgan fingerprint density at radius 1 is 1.58 bits per heavy atom. The molecule has 2 aromatic rings. The van der Waals surface area contributed by atoms with E-state index in [2.05, 4.69) is 25.9 Å². The van der Waals surface area contributed by atoms with Crippen LogP contribution in [-0.4, -0.2) is 46.3 Å². The van der Waals surface area contributed by atoms with Crippen LogP contribution in [0.5, 0.6) is 0 Å². The van der Waals surface area contributed by atoms with Gasteiger partial charge in [-0.2, -0.15) is 5.21 Å². The number of hydrogen-bond acceptors (Lipinski definition) is 6. The third kappa shape index (κ3) is 3.33. The number of tetrazole rings is 1. The summed E-state index contributed by atoms with van der Waals surface area (Å²) in [6.07, 6.45) is 0. The molecule has 0 bridgehead atoms. The summed E-state index contributed by atoms with van der Waals surface area (Å²) in [5, 5.41) is 16.3. The number of carbonyl (C=O) groups is 1. The number of ether oxygens (including phenoxy) is 1. The number of H-pyrrole nitrogens is 1. The molecule has 2 rings (SSSR count). The van der Waals surface area contributed by atoms with Crippen LogP contribution in [-0.2, 0) is 9.53 Å². The van der Waals surface area contributed by atoms with E-state index in [0.29, 0.717) is 11.5 Å². The molecule has 1 amide bonds. The number of carbonyl (C=O) groups excluding carboxylic acids is 1. The van der Waals surface area contributed by atoms with Gasteiger partial charge in [0.2, 0.25) is 11.7 Å². The average Bonchev–Trinajstić information content (AvgIpc) is 2.93. The maximum Gasteiger partial charge on any atom is 0.243 e. The van der Waals surface area contributed by atoms with Gasteiger partial charge in [0.1, 0.15) is 6.04 Å². The number of nitrogens with zero attached hydrogens (tertiary/aromatic N) is 3. The van der Waals surface area contributed by atoms with Crippen LogP contribution in [0, 0.1) is 0 Å². The van der Waals surface area contributed by atoms with Gasteiger partial charge < -0.3 is 15.8 Å². The topological polar surface area (TPSA) is 119 Å². The summed E-state index contributed by atoms with van der Waals surface area (Å²) >= 11 is 0. The Labute approximate surface area is 109 Å². The fraction of sp³-hybridized carbons (Fsp3) is 0.273. The lowest BCUT2D eigenvalue weighted by Crippen LogP contribution is -2.39. The van der Waals surface area contributed by atoms with Crippen molar-refractivity contribution in [1.29, 1.82) is 0 Å². The lowest BCUT2D eigenvalue weighted by Gasteiger charge is -2.11. The van der Waals surface area contributed by atoms with Gasteiger partial charge in [-0.05, 0) is 17.3 Å². The Morgan fingerprint density at radius 3 is 3.11 bits per heavy atom. The van der Waals surface area contributed by atoms with E-state index >= 15 is 0 Å². The fourth-order valence-electron chi connectivity index (χ4n) is 1.51. The smallest absolute Gasteiger partial charge is 0.243 e.